The Labute approximate surface area is 141 Å². The fourth-order valence-corrected chi connectivity index (χ4v) is 2.90. The van der Waals surface area contributed by atoms with Crippen molar-refractivity contribution in [2.75, 3.05) is 26.2 Å². The van der Waals surface area contributed by atoms with Crippen molar-refractivity contribution in [3.63, 3.8) is 0 Å². The molecule has 1 aliphatic rings. The lowest BCUT2D eigenvalue weighted by Gasteiger charge is -2.32. The maximum absolute atomic E-state index is 12.3. The molecule has 1 saturated heterocycles. The quantitative estimate of drug-likeness (QED) is 0.888. The molecule has 0 saturated carbocycles. The van der Waals surface area contributed by atoms with Gasteiger partial charge in [-0.3, -0.25) is 9.69 Å². The molecule has 0 aliphatic carbocycles. The summed E-state index contributed by atoms with van der Waals surface area (Å²) in [5.74, 6) is 0.808. The second-order valence-corrected chi connectivity index (χ2v) is 6.09. The maximum Gasteiger partial charge on any atom is 0.234 e. The minimum absolute atomic E-state index is 0.00530. The van der Waals surface area contributed by atoms with Gasteiger partial charge in [-0.2, -0.15) is 0 Å². The van der Waals surface area contributed by atoms with Crippen LogP contribution in [-0.2, 0) is 16.6 Å². The summed E-state index contributed by atoms with van der Waals surface area (Å²) in [6.07, 6.45) is 1.51. The topological polar surface area (TPSA) is 72.3 Å². The van der Waals surface area contributed by atoms with Gasteiger partial charge < -0.3 is 14.6 Å². The second-order valence-electron chi connectivity index (χ2n) is 6.09. The van der Waals surface area contributed by atoms with Crippen molar-refractivity contribution in [3.05, 3.63) is 48.0 Å². The molecule has 2 atom stereocenters. The first kappa shape index (κ1) is 16.6. The highest BCUT2D eigenvalue weighted by molar-refractivity contribution is 5.78. The number of hydrogen-bond donors (Lipinski definition) is 1. The first-order valence-corrected chi connectivity index (χ1v) is 8.15. The van der Waals surface area contributed by atoms with Crippen molar-refractivity contribution >= 4 is 5.91 Å². The summed E-state index contributed by atoms with van der Waals surface area (Å²) < 4.78 is 7.62. The Kier molecular flexibility index (Phi) is 5.22. The van der Waals surface area contributed by atoms with Crippen LogP contribution in [0, 0.1) is 0 Å². The number of nitrogens with one attached hydrogen (secondary N) is 1. The summed E-state index contributed by atoms with van der Waals surface area (Å²) in [4.78, 5) is 14.4. The number of rotatable bonds is 5. The Hall–Kier alpha value is -2.25. The molecule has 0 radical (unpaired) electrons. The molecule has 128 valence electrons. The van der Waals surface area contributed by atoms with Crippen LogP contribution in [0.2, 0.25) is 0 Å². The molecule has 24 heavy (non-hydrogen) atoms. The number of amides is 1. The van der Waals surface area contributed by atoms with Gasteiger partial charge in [0.05, 0.1) is 19.2 Å². The highest BCUT2D eigenvalue weighted by Gasteiger charge is 2.26. The van der Waals surface area contributed by atoms with Crippen LogP contribution in [0.25, 0.3) is 0 Å². The summed E-state index contributed by atoms with van der Waals surface area (Å²) in [6, 6.07) is 9.96. The largest absolute Gasteiger partial charge is 0.368 e. The van der Waals surface area contributed by atoms with E-state index in [1.54, 1.807) is 6.33 Å². The predicted octanol–water partition coefficient (Wildman–Crippen LogP) is 1.07. The zero-order valence-corrected chi connectivity index (χ0v) is 14.1. The minimum atomic E-state index is -0.148. The Bertz CT molecular complexity index is 673. The van der Waals surface area contributed by atoms with Crippen LogP contribution < -0.4 is 5.32 Å². The van der Waals surface area contributed by atoms with E-state index in [4.69, 9.17) is 4.74 Å². The number of aromatic nitrogens is 3. The van der Waals surface area contributed by atoms with Crippen molar-refractivity contribution < 1.29 is 9.53 Å². The molecule has 2 aromatic rings. The normalized spacial score (nSPS) is 19.8. The van der Waals surface area contributed by atoms with Crippen LogP contribution >= 0.6 is 0 Å². The smallest absolute Gasteiger partial charge is 0.234 e. The molecule has 1 aliphatic heterocycles. The fourth-order valence-electron chi connectivity index (χ4n) is 2.90. The molecule has 0 unspecified atom stereocenters. The number of morpholine rings is 1. The number of aryl methyl sites for hydroxylation is 1. The molecule has 7 heteroatoms. The lowest BCUT2D eigenvalue weighted by atomic mass is 10.1. The molecule has 0 bridgehead atoms. The molecule has 3 rings (SSSR count). The van der Waals surface area contributed by atoms with Crippen molar-refractivity contribution in [1.82, 2.24) is 25.0 Å². The number of carbonyl (C=O) groups excluding carboxylic acids is 1. The zero-order chi connectivity index (χ0) is 16.9. The molecule has 1 N–H and O–H groups in total. The third-order valence-electron chi connectivity index (χ3n) is 4.23. The first-order valence-electron chi connectivity index (χ1n) is 8.15. The SMILES string of the molecule is C[C@@H](NC(=O)CN1CCO[C@@H](c2nncn2C)C1)c1ccccc1. The average molecular weight is 329 g/mol. The van der Waals surface area contributed by atoms with Crippen molar-refractivity contribution in [2.45, 2.75) is 19.1 Å². The summed E-state index contributed by atoms with van der Waals surface area (Å²) in [6.45, 7) is 4.31. The van der Waals surface area contributed by atoms with Crippen LogP contribution in [0.1, 0.15) is 30.5 Å². The van der Waals surface area contributed by atoms with E-state index in [9.17, 15) is 4.79 Å². The monoisotopic (exact) mass is 329 g/mol. The standard InChI is InChI=1S/C17H23N5O2/c1-13(14-6-4-3-5-7-14)19-16(23)11-22-8-9-24-15(10-22)17-20-18-12-21(17)2/h3-7,12-13,15H,8-11H2,1-2H3,(H,19,23)/t13-,15-/m1/s1. The van der Waals surface area contributed by atoms with Crippen LogP contribution in [0.3, 0.4) is 0 Å². The third-order valence-corrected chi connectivity index (χ3v) is 4.23. The van der Waals surface area contributed by atoms with Gasteiger partial charge in [0, 0.05) is 20.1 Å². The van der Waals surface area contributed by atoms with Gasteiger partial charge in [-0.1, -0.05) is 30.3 Å². The molecule has 1 aromatic carbocycles. The number of ether oxygens (including phenoxy) is 1. The van der Waals surface area contributed by atoms with Crippen molar-refractivity contribution in [2.24, 2.45) is 7.05 Å². The summed E-state index contributed by atoms with van der Waals surface area (Å²) in [7, 11) is 1.89. The molecular formula is C17H23N5O2. The second kappa shape index (κ2) is 7.55. The van der Waals surface area contributed by atoms with Gasteiger partial charge in [0.1, 0.15) is 12.4 Å². The molecule has 1 aromatic heterocycles. The lowest BCUT2D eigenvalue weighted by molar-refractivity contribution is -0.125. The van der Waals surface area contributed by atoms with Gasteiger partial charge in [0.15, 0.2) is 5.82 Å². The maximum atomic E-state index is 12.3. The van der Waals surface area contributed by atoms with Crippen LogP contribution in [0.15, 0.2) is 36.7 Å². The van der Waals surface area contributed by atoms with E-state index >= 15 is 0 Å². The number of hydrogen-bond acceptors (Lipinski definition) is 5. The minimum Gasteiger partial charge on any atom is -0.368 e. The molecule has 0 spiro atoms. The fraction of sp³-hybridized carbons (Fsp3) is 0.471. The van der Waals surface area contributed by atoms with Crippen LogP contribution in [-0.4, -0.2) is 51.8 Å². The highest BCUT2D eigenvalue weighted by atomic mass is 16.5. The molecule has 1 amide bonds. The Morgan fingerprint density at radius 1 is 1.42 bits per heavy atom. The Balaban J connectivity index is 1.53. The van der Waals surface area contributed by atoms with Crippen molar-refractivity contribution in [1.29, 1.82) is 0 Å². The van der Waals surface area contributed by atoms with E-state index in [1.807, 2.05) is 48.9 Å². The van der Waals surface area contributed by atoms with Crippen LogP contribution in [0.4, 0.5) is 0 Å². The number of carbonyl (C=O) groups is 1. The van der Waals surface area contributed by atoms with E-state index in [1.165, 1.54) is 0 Å². The number of nitrogens with zero attached hydrogens (tertiary/aromatic N) is 4. The Morgan fingerprint density at radius 3 is 2.92 bits per heavy atom. The van der Waals surface area contributed by atoms with Gasteiger partial charge in [-0.25, -0.2) is 0 Å². The molecule has 1 fully saturated rings. The average Bonchev–Trinajstić information content (AvgIpc) is 3.02. The van der Waals surface area contributed by atoms with E-state index in [0.29, 0.717) is 19.7 Å². The summed E-state index contributed by atoms with van der Waals surface area (Å²) in [5, 5.41) is 11.0. The van der Waals surface area contributed by atoms with Gasteiger partial charge in [-0.05, 0) is 12.5 Å². The highest BCUT2D eigenvalue weighted by Crippen LogP contribution is 2.19. The Morgan fingerprint density at radius 2 is 2.21 bits per heavy atom. The lowest BCUT2D eigenvalue weighted by Crippen LogP contribution is -2.45. The predicted molar refractivity (Wildman–Crippen MR) is 89.1 cm³/mol. The molecule has 7 nitrogen and oxygen atoms in total. The van der Waals surface area contributed by atoms with Gasteiger partial charge in [0.25, 0.3) is 0 Å². The zero-order valence-electron chi connectivity index (χ0n) is 14.1. The number of benzene rings is 1. The van der Waals surface area contributed by atoms with Gasteiger partial charge >= 0.3 is 0 Å². The van der Waals surface area contributed by atoms with E-state index in [-0.39, 0.29) is 18.1 Å². The summed E-state index contributed by atoms with van der Waals surface area (Å²) in [5.41, 5.74) is 1.10. The first-order chi connectivity index (χ1) is 11.6. The third kappa shape index (κ3) is 3.98. The van der Waals surface area contributed by atoms with E-state index in [2.05, 4.69) is 20.4 Å². The molecular weight excluding hydrogens is 306 g/mol. The van der Waals surface area contributed by atoms with Gasteiger partial charge in [-0.15, -0.1) is 10.2 Å². The van der Waals surface area contributed by atoms with Crippen molar-refractivity contribution in [3.8, 4) is 0 Å². The van der Waals surface area contributed by atoms with E-state index in [0.717, 1.165) is 17.9 Å². The summed E-state index contributed by atoms with van der Waals surface area (Å²) >= 11 is 0. The molecule has 2 heterocycles. The van der Waals surface area contributed by atoms with Gasteiger partial charge in [0.2, 0.25) is 5.91 Å². The van der Waals surface area contributed by atoms with Crippen LogP contribution in [0.5, 0.6) is 0 Å². The van der Waals surface area contributed by atoms with E-state index < -0.39 is 0 Å².